The Morgan fingerprint density at radius 1 is 1.00 bits per heavy atom. The van der Waals surface area contributed by atoms with Crippen molar-refractivity contribution in [2.24, 2.45) is 0 Å². The average Bonchev–Trinajstić information content (AvgIpc) is 3.36. The number of nitrogens with one attached hydrogen (secondary N) is 1. The summed E-state index contributed by atoms with van der Waals surface area (Å²) in [6.45, 7) is 3.12. The SMILES string of the molecule is c1ccc(CN2CC[C@@H](Nc3ccc4ncc(-c5ccncc5)n4n3)C2)cc1. The third kappa shape index (κ3) is 3.46. The minimum Gasteiger partial charge on any atom is -0.365 e. The quantitative estimate of drug-likeness (QED) is 0.583. The van der Waals surface area contributed by atoms with Gasteiger partial charge in [-0.05, 0) is 36.2 Å². The van der Waals surface area contributed by atoms with E-state index in [0.717, 1.165) is 48.8 Å². The zero-order valence-corrected chi connectivity index (χ0v) is 15.6. The van der Waals surface area contributed by atoms with Crippen molar-refractivity contribution < 1.29 is 0 Å². The molecule has 4 heterocycles. The molecule has 1 aliphatic heterocycles. The van der Waals surface area contributed by atoms with E-state index in [9.17, 15) is 0 Å². The van der Waals surface area contributed by atoms with E-state index in [1.165, 1.54) is 5.56 Å². The molecule has 28 heavy (non-hydrogen) atoms. The van der Waals surface area contributed by atoms with Gasteiger partial charge >= 0.3 is 0 Å². The zero-order valence-electron chi connectivity index (χ0n) is 15.6. The lowest BCUT2D eigenvalue weighted by molar-refractivity contribution is 0.328. The van der Waals surface area contributed by atoms with E-state index >= 15 is 0 Å². The molecule has 0 amide bonds. The second-order valence-corrected chi connectivity index (χ2v) is 7.22. The van der Waals surface area contributed by atoms with Crippen LogP contribution >= 0.6 is 0 Å². The summed E-state index contributed by atoms with van der Waals surface area (Å²) >= 11 is 0. The number of aromatic nitrogens is 4. The highest BCUT2D eigenvalue weighted by Crippen LogP contribution is 2.21. The predicted octanol–water partition coefficient (Wildman–Crippen LogP) is 3.48. The first-order valence-electron chi connectivity index (χ1n) is 9.63. The highest BCUT2D eigenvalue weighted by atomic mass is 15.3. The zero-order chi connectivity index (χ0) is 18.8. The smallest absolute Gasteiger partial charge is 0.154 e. The van der Waals surface area contributed by atoms with Crippen molar-refractivity contribution in [2.75, 3.05) is 18.4 Å². The maximum atomic E-state index is 4.79. The Bertz CT molecular complexity index is 1060. The fourth-order valence-electron chi connectivity index (χ4n) is 3.81. The van der Waals surface area contributed by atoms with Crippen molar-refractivity contribution in [3.63, 3.8) is 0 Å². The fraction of sp³-hybridized carbons (Fsp3) is 0.227. The summed E-state index contributed by atoms with van der Waals surface area (Å²) in [5.74, 6) is 0.882. The summed E-state index contributed by atoms with van der Waals surface area (Å²) in [7, 11) is 0. The molecule has 3 aromatic heterocycles. The van der Waals surface area contributed by atoms with E-state index in [-0.39, 0.29) is 0 Å². The van der Waals surface area contributed by atoms with Gasteiger partial charge in [-0.1, -0.05) is 30.3 Å². The van der Waals surface area contributed by atoms with Crippen LogP contribution in [0.2, 0.25) is 0 Å². The van der Waals surface area contributed by atoms with Crippen LogP contribution in [0.3, 0.4) is 0 Å². The number of likely N-dealkylation sites (tertiary alicyclic amines) is 1. The van der Waals surface area contributed by atoms with Crippen LogP contribution in [-0.2, 0) is 6.54 Å². The lowest BCUT2D eigenvalue weighted by atomic mass is 10.2. The van der Waals surface area contributed by atoms with Crippen LogP contribution in [-0.4, -0.2) is 43.6 Å². The second-order valence-electron chi connectivity index (χ2n) is 7.22. The molecule has 5 rings (SSSR count). The van der Waals surface area contributed by atoms with Crippen molar-refractivity contribution >= 4 is 11.5 Å². The number of hydrogen-bond donors (Lipinski definition) is 1. The third-order valence-electron chi connectivity index (χ3n) is 5.21. The third-order valence-corrected chi connectivity index (χ3v) is 5.21. The van der Waals surface area contributed by atoms with Gasteiger partial charge in [0.1, 0.15) is 5.82 Å². The van der Waals surface area contributed by atoms with E-state index in [2.05, 4.69) is 50.5 Å². The molecular formula is C22H22N6. The minimum absolute atomic E-state index is 0.404. The number of fused-ring (bicyclic) bond motifs is 1. The number of nitrogens with zero attached hydrogens (tertiary/aromatic N) is 5. The highest BCUT2D eigenvalue weighted by molar-refractivity contribution is 5.63. The van der Waals surface area contributed by atoms with Crippen LogP contribution in [0.4, 0.5) is 5.82 Å². The van der Waals surface area contributed by atoms with E-state index < -0.39 is 0 Å². The van der Waals surface area contributed by atoms with Crippen LogP contribution in [0.1, 0.15) is 12.0 Å². The van der Waals surface area contributed by atoms with Gasteiger partial charge < -0.3 is 5.32 Å². The molecular weight excluding hydrogens is 348 g/mol. The van der Waals surface area contributed by atoms with E-state index in [4.69, 9.17) is 5.10 Å². The molecule has 4 aromatic rings. The average molecular weight is 370 g/mol. The Morgan fingerprint density at radius 3 is 2.71 bits per heavy atom. The Balaban J connectivity index is 1.31. The van der Waals surface area contributed by atoms with Crippen molar-refractivity contribution in [2.45, 2.75) is 19.0 Å². The summed E-state index contributed by atoms with van der Waals surface area (Å²) in [5, 5.41) is 8.39. The van der Waals surface area contributed by atoms with Gasteiger partial charge in [-0.15, -0.1) is 5.10 Å². The predicted molar refractivity (Wildman–Crippen MR) is 110 cm³/mol. The number of anilines is 1. The molecule has 0 aliphatic carbocycles. The van der Waals surface area contributed by atoms with Crippen molar-refractivity contribution in [1.29, 1.82) is 0 Å². The summed E-state index contributed by atoms with van der Waals surface area (Å²) in [5.41, 5.74) is 4.23. The first-order valence-corrected chi connectivity index (χ1v) is 9.63. The number of hydrogen-bond acceptors (Lipinski definition) is 5. The van der Waals surface area contributed by atoms with E-state index in [0.29, 0.717) is 6.04 Å². The van der Waals surface area contributed by atoms with Crippen molar-refractivity contribution in [1.82, 2.24) is 24.5 Å². The number of imidazole rings is 1. The van der Waals surface area contributed by atoms with Crippen LogP contribution in [0.5, 0.6) is 0 Å². The topological polar surface area (TPSA) is 58.3 Å². The molecule has 0 radical (unpaired) electrons. The first kappa shape index (κ1) is 16.9. The summed E-state index contributed by atoms with van der Waals surface area (Å²) in [6, 6.07) is 19.0. The highest BCUT2D eigenvalue weighted by Gasteiger charge is 2.22. The fourth-order valence-corrected chi connectivity index (χ4v) is 3.81. The van der Waals surface area contributed by atoms with Crippen molar-refractivity contribution in [3.05, 3.63) is 78.8 Å². The first-order chi connectivity index (χ1) is 13.8. The summed E-state index contributed by atoms with van der Waals surface area (Å²) in [4.78, 5) is 11.1. The molecule has 1 atom stereocenters. The lowest BCUT2D eigenvalue weighted by Gasteiger charge is -2.17. The molecule has 1 aliphatic rings. The van der Waals surface area contributed by atoms with Crippen LogP contribution in [0.25, 0.3) is 16.9 Å². The number of pyridine rings is 1. The summed E-state index contributed by atoms with van der Waals surface area (Å²) < 4.78 is 1.90. The number of benzene rings is 1. The van der Waals surface area contributed by atoms with Gasteiger partial charge in [0.25, 0.3) is 0 Å². The molecule has 1 N–H and O–H groups in total. The van der Waals surface area contributed by atoms with E-state index in [1.807, 2.05) is 35.0 Å². The maximum absolute atomic E-state index is 4.79. The van der Waals surface area contributed by atoms with E-state index in [1.54, 1.807) is 12.4 Å². The second kappa shape index (κ2) is 7.40. The Morgan fingerprint density at radius 2 is 1.86 bits per heavy atom. The van der Waals surface area contributed by atoms with Gasteiger partial charge in [-0.25, -0.2) is 9.50 Å². The van der Waals surface area contributed by atoms with Gasteiger partial charge in [0.15, 0.2) is 5.65 Å². The Hall–Kier alpha value is -3.25. The molecule has 0 bridgehead atoms. The molecule has 0 unspecified atom stereocenters. The number of rotatable bonds is 5. The molecule has 6 heteroatoms. The maximum Gasteiger partial charge on any atom is 0.154 e. The van der Waals surface area contributed by atoms with Crippen LogP contribution in [0, 0.1) is 0 Å². The van der Waals surface area contributed by atoms with Gasteiger partial charge in [-0.3, -0.25) is 9.88 Å². The monoisotopic (exact) mass is 370 g/mol. The molecule has 0 spiro atoms. The molecule has 1 fully saturated rings. The summed E-state index contributed by atoms with van der Waals surface area (Å²) in [6.07, 6.45) is 6.56. The van der Waals surface area contributed by atoms with Crippen LogP contribution < -0.4 is 5.32 Å². The van der Waals surface area contributed by atoms with Crippen molar-refractivity contribution in [3.8, 4) is 11.3 Å². The van der Waals surface area contributed by atoms with Gasteiger partial charge in [0, 0.05) is 43.6 Å². The lowest BCUT2D eigenvalue weighted by Crippen LogP contribution is -2.26. The van der Waals surface area contributed by atoms with Gasteiger partial charge in [0.2, 0.25) is 0 Å². The normalized spacial score (nSPS) is 17.2. The molecule has 140 valence electrons. The largest absolute Gasteiger partial charge is 0.365 e. The molecule has 1 saturated heterocycles. The molecule has 6 nitrogen and oxygen atoms in total. The standard InChI is InChI=1S/C22H22N6/c1-2-4-17(5-3-1)15-27-13-10-19(16-27)25-21-6-7-22-24-14-20(28(22)26-21)18-8-11-23-12-9-18/h1-9,11-12,14,19H,10,13,15-16H2,(H,25,26)/t19-/m1/s1. The Labute approximate surface area is 163 Å². The molecule has 0 saturated carbocycles. The minimum atomic E-state index is 0.404. The van der Waals surface area contributed by atoms with Gasteiger partial charge in [0.05, 0.1) is 11.9 Å². The van der Waals surface area contributed by atoms with Crippen LogP contribution in [0.15, 0.2) is 73.2 Å². The molecule has 1 aromatic carbocycles. The van der Waals surface area contributed by atoms with Gasteiger partial charge in [-0.2, -0.15) is 0 Å². The Kier molecular flexibility index (Phi) is 4.47.